The van der Waals surface area contributed by atoms with Crippen LogP contribution in [0.4, 0.5) is 0 Å². The van der Waals surface area contributed by atoms with Crippen molar-refractivity contribution in [2.24, 2.45) is 0 Å². The highest BCUT2D eigenvalue weighted by Gasteiger charge is 2.23. The van der Waals surface area contributed by atoms with Gasteiger partial charge in [-0.1, -0.05) is 29.8 Å². The van der Waals surface area contributed by atoms with Crippen LogP contribution in [0.25, 0.3) is 0 Å². The van der Waals surface area contributed by atoms with E-state index in [1.165, 1.54) is 18.4 Å². The van der Waals surface area contributed by atoms with Gasteiger partial charge in [-0.3, -0.25) is 0 Å². The molecule has 1 aromatic rings. The van der Waals surface area contributed by atoms with Gasteiger partial charge in [-0.15, -0.1) is 0 Å². The molecular weight excluding hydrogens is 234 g/mol. The fourth-order valence-electron chi connectivity index (χ4n) is 1.92. The molecule has 0 spiro atoms. The van der Waals surface area contributed by atoms with Crippen molar-refractivity contribution in [3.8, 4) is 0 Å². The molecule has 0 radical (unpaired) electrons. The van der Waals surface area contributed by atoms with Crippen molar-refractivity contribution in [1.82, 2.24) is 5.32 Å². The molecule has 94 valence electrons. The van der Waals surface area contributed by atoms with Crippen LogP contribution in [-0.4, -0.2) is 25.8 Å². The van der Waals surface area contributed by atoms with Gasteiger partial charge in [0.2, 0.25) is 0 Å². The molecule has 1 saturated carbocycles. The molecule has 0 aliphatic heterocycles. The molecule has 0 heterocycles. The van der Waals surface area contributed by atoms with Crippen molar-refractivity contribution >= 4 is 11.6 Å². The Morgan fingerprint density at radius 3 is 2.82 bits per heavy atom. The summed E-state index contributed by atoms with van der Waals surface area (Å²) in [4.78, 5) is 0. The van der Waals surface area contributed by atoms with E-state index in [9.17, 15) is 0 Å². The molecule has 2 rings (SSSR count). The molecule has 2 nitrogen and oxygen atoms in total. The van der Waals surface area contributed by atoms with E-state index < -0.39 is 0 Å². The summed E-state index contributed by atoms with van der Waals surface area (Å²) >= 11 is 6.25. The number of hydrogen-bond acceptors (Lipinski definition) is 2. The van der Waals surface area contributed by atoms with Crippen LogP contribution in [0, 0.1) is 0 Å². The van der Waals surface area contributed by atoms with Crippen LogP contribution in [0.2, 0.25) is 5.02 Å². The number of ether oxygens (including phenoxy) is 1. The van der Waals surface area contributed by atoms with Gasteiger partial charge in [0.1, 0.15) is 0 Å². The predicted molar refractivity (Wildman–Crippen MR) is 71.7 cm³/mol. The lowest BCUT2D eigenvalue weighted by Gasteiger charge is -2.19. The Morgan fingerprint density at radius 2 is 2.18 bits per heavy atom. The Bertz CT molecular complexity index is 352. The summed E-state index contributed by atoms with van der Waals surface area (Å²) in [5.74, 6) is 0.351. The quantitative estimate of drug-likeness (QED) is 0.806. The Labute approximate surface area is 108 Å². The van der Waals surface area contributed by atoms with Gasteiger partial charge in [0.25, 0.3) is 0 Å². The maximum atomic E-state index is 6.25. The first-order valence-electron chi connectivity index (χ1n) is 6.36. The van der Waals surface area contributed by atoms with Crippen LogP contribution < -0.4 is 5.32 Å². The fraction of sp³-hybridized carbons (Fsp3) is 0.571. The molecule has 0 aromatic heterocycles. The first-order valence-corrected chi connectivity index (χ1v) is 6.74. The molecular formula is C14H20ClNO. The van der Waals surface area contributed by atoms with Crippen LogP contribution in [-0.2, 0) is 4.74 Å². The average molecular weight is 254 g/mol. The summed E-state index contributed by atoms with van der Waals surface area (Å²) in [5.41, 5.74) is 1.19. The van der Waals surface area contributed by atoms with E-state index in [2.05, 4.69) is 11.4 Å². The van der Waals surface area contributed by atoms with Gasteiger partial charge >= 0.3 is 0 Å². The third kappa shape index (κ3) is 3.98. The van der Waals surface area contributed by atoms with Crippen LogP contribution >= 0.6 is 11.6 Å². The van der Waals surface area contributed by atoms with Crippen LogP contribution in [0.1, 0.15) is 31.2 Å². The summed E-state index contributed by atoms with van der Waals surface area (Å²) < 4.78 is 5.56. The van der Waals surface area contributed by atoms with E-state index in [-0.39, 0.29) is 0 Å². The van der Waals surface area contributed by atoms with Crippen molar-refractivity contribution in [3.05, 3.63) is 34.9 Å². The lowest BCUT2D eigenvalue weighted by atomic mass is 10.00. The summed E-state index contributed by atoms with van der Waals surface area (Å²) in [6.07, 6.45) is 2.62. The van der Waals surface area contributed by atoms with Crippen molar-refractivity contribution < 1.29 is 4.74 Å². The Balaban J connectivity index is 1.99. The zero-order valence-electron chi connectivity index (χ0n) is 10.3. The lowest BCUT2D eigenvalue weighted by Crippen LogP contribution is -2.26. The van der Waals surface area contributed by atoms with Gasteiger partial charge in [0.15, 0.2) is 0 Å². The Hall–Kier alpha value is -0.570. The molecule has 1 aliphatic carbocycles. The first kappa shape index (κ1) is 12.9. The Kier molecular flexibility index (Phi) is 4.84. The second kappa shape index (κ2) is 6.39. The van der Waals surface area contributed by atoms with Crippen molar-refractivity contribution in [1.29, 1.82) is 0 Å². The second-order valence-corrected chi connectivity index (χ2v) is 4.97. The zero-order valence-corrected chi connectivity index (χ0v) is 11.0. The number of halogens is 1. The average Bonchev–Trinajstić information content (AvgIpc) is 3.15. The van der Waals surface area contributed by atoms with E-state index in [4.69, 9.17) is 16.3 Å². The smallest absolute Gasteiger partial charge is 0.0547 e. The van der Waals surface area contributed by atoms with Gasteiger partial charge < -0.3 is 10.1 Å². The number of hydrogen-bond donors (Lipinski definition) is 1. The number of benzene rings is 1. The highest BCUT2D eigenvalue weighted by Crippen LogP contribution is 2.26. The van der Waals surface area contributed by atoms with Gasteiger partial charge in [-0.2, -0.15) is 0 Å². The highest BCUT2D eigenvalue weighted by atomic mass is 35.5. The molecule has 0 bridgehead atoms. The second-order valence-electron chi connectivity index (χ2n) is 4.56. The van der Waals surface area contributed by atoms with Crippen molar-refractivity contribution in [2.75, 3.05) is 19.8 Å². The van der Waals surface area contributed by atoms with Gasteiger partial charge in [0, 0.05) is 30.1 Å². The maximum absolute atomic E-state index is 6.25. The fourth-order valence-corrected chi connectivity index (χ4v) is 2.21. The summed E-state index contributed by atoms with van der Waals surface area (Å²) in [6.45, 7) is 4.47. The number of nitrogens with one attached hydrogen (secondary N) is 1. The molecule has 1 unspecified atom stereocenters. The van der Waals surface area contributed by atoms with Crippen LogP contribution in [0.3, 0.4) is 0 Å². The molecule has 0 amide bonds. The molecule has 1 fully saturated rings. The van der Waals surface area contributed by atoms with E-state index in [0.29, 0.717) is 5.92 Å². The highest BCUT2D eigenvalue weighted by molar-refractivity contribution is 6.31. The van der Waals surface area contributed by atoms with Crippen LogP contribution in [0.15, 0.2) is 24.3 Å². The lowest BCUT2D eigenvalue weighted by molar-refractivity contribution is 0.131. The first-order chi connectivity index (χ1) is 8.31. The van der Waals surface area contributed by atoms with E-state index >= 15 is 0 Å². The monoisotopic (exact) mass is 253 g/mol. The molecule has 1 aromatic carbocycles. The molecule has 1 N–H and O–H groups in total. The summed E-state index contributed by atoms with van der Waals surface area (Å²) in [5, 5.41) is 4.40. The minimum atomic E-state index is 0.351. The SMILES string of the molecule is CCOCC(CNC1CC1)c1ccccc1Cl. The van der Waals surface area contributed by atoms with Gasteiger partial charge in [0.05, 0.1) is 6.61 Å². The maximum Gasteiger partial charge on any atom is 0.0547 e. The standard InChI is InChI=1S/C14H20ClNO/c1-2-17-10-11(9-16-12-7-8-12)13-5-3-4-6-14(13)15/h3-6,11-12,16H,2,7-10H2,1H3. The summed E-state index contributed by atoms with van der Waals surface area (Å²) in [7, 11) is 0. The zero-order chi connectivity index (χ0) is 12.1. The number of rotatable bonds is 7. The molecule has 0 saturated heterocycles. The van der Waals surface area contributed by atoms with E-state index in [1.807, 2.05) is 25.1 Å². The molecule has 3 heteroatoms. The van der Waals surface area contributed by atoms with E-state index in [0.717, 1.165) is 30.8 Å². The van der Waals surface area contributed by atoms with Crippen LogP contribution in [0.5, 0.6) is 0 Å². The minimum absolute atomic E-state index is 0.351. The van der Waals surface area contributed by atoms with E-state index in [1.54, 1.807) is 0 Å². The largest absolute Gasteiger partial charge is 0.381 e. The van der Waals surface area contributed by atoms with Gasteiger partial charge in [-0.05, 0) is 31.4 Å². The normalized spacial score (nSPS) is 17.1. The summed E-state index contributed by atoms with van der Waals surface area (Å²) in [6, 6.07) is 8.78. The predicted octanol–water partition coefficient (Wildman–Crippen LogP) is 3.21. The molecule has 17 heavy (non-hydrogen) atoms. The topological polar surface area (TPSA) is 21.3 Å². The molecule has 1 aliphatic rings. The third-order valence-corrected chi connectivity index (χ3v) is 3.44. The molecule has 1 atom stereocenters. The van der Waals surface area contributed by atoms with Crippen molar-refractivity contribution in [3.63, 3.8) is 0 Å². The van der Waals surface area contributed by atoms with Crippen molar-refractivity contribution in [2.45, 2.75) is 31.7 Å². The minimum Gasteiger partial charge on any atom is -0.381 e. The third-order valence-electron chi connectivity index (χ3n) is 3.10. The van der Waals surface area contributed by atoms with Gasteiger partial charge in [-0.25, -0.2) is 0 Å². The Morgan fingerprint density at radius 1 is 1.41 bits per heavy atom.